The first-order valence-corrected chi connectivity index (χ1v) is 12.7. The fourth-order valence-electron chi connectivity index (χ4n) is 4.36. The molecule has 2 bridgehead atoms. The Morgan fingerprint density at radius 2 is 1.77 bits per heavy atom. The molecule has 168 valence electrons. The lowest BCUT2D eigenvalue weighted by atomic mass is 9.71. The Balaban J connectivity index is 0.00000155. The summed E-state index contributed by atoms with van der Waals surface area (Å²) in [5.41, 5.74) is -0.711. The van der Waals surface area contributed by atoms with Crippen LogP contribution in [-0.4, -0.2) is 17.5 Å². The third-order valence-corrected chi connectivity index (χ3v) is 7.30. The summed E-state index contributed by atoms with van der Waals surface area (Å²) in [6.45, 7) is 10.2. The number of hydrogen-bond donors (Lipinski definition) is 2. The van der Waals surface area contributed by atoms with Gasteiger partial charge in [0.15, 0.2) is 0 Å². The highest BCUT2D eigenvalue weighted by Gasteiger charge is 2.35. The number of rotatable bonds is 5. The van der Waals surface area contributed by atoms with Crippen molar-refractivity contribution in [2.24, 2.45) is 17.8 Å². The van der Waals surface area contributed by atoms with Crippen molar-refractivity contribution in [3.05, 3.63) is 40.4 Å². The van der Waals surface area contributed by atoms with E-state index in [-0.39, 0.29) is 11.9 Å². The Morgan fingerprint density at radius 1 is 1.10 bits per heavy atom. The molecule has 1 fully saturated rings. The summed E-state index contributed by atoms with van der Waals surface area (Å²) in [6, 6.07) is 5.62. The SMILES string of the molecule is CC.CC1CC2C=CCCC(NC(=O)C(C)(C)NSc3cc(Cl)cc(Cl)c3)C(C1)C2. The highest BCUT2D eigenvalue weighted by atomic mass is 35.5. The van der Waals surface area contributed by atoms with Crippen LogP contribution in [-0.2, 0) is 4.79 Å². The molecule has 1 saturated carbocycles. The van der Waals surface area contributed by atoms with E-state index in [1.54, 1.807) is 6.07 Å². The number of carbonyl (C=O) groups excluding carboxylic acids is 1. The Labute approximate surface area is 196 Å². The summed E-state index contributed by atoms with van der Waals surface area (Å²) in [7, 11) is 0. The number of carbonyl (C=O) groups is 1. The lowest BCUT2D eigenvalue weighted by Gasteiger charge is -2.39. The summed E-state index contributed by atoms with van der Waals surface area (Å²) in [6.07, 6.45) is 10.4. The van der Waals surface area contributed by atoms with E-state index in [0.717, 1.165) is 23.7 Å². The van der Waals surface area contributed by atoms with Crippen molar-refractivity contribution in [2.45, 2.75) is 83.2 Å². The first-order valence-electron chi connectivity index (χ1n) is 11.1. The molecule has 2 aliphatic carbocycles. The molecule has 4 atom stereocenters. The first kappa shape index (κ1) is 25.6. The van der Waals surface area contributed by atoms with Gasteiger partial charge in [0.1, 0.15) is 5.54 Å². The van der Waals surface area contributed by atoms with Gasteiger partial charge in [-0.25, -0.2) is 4.72 Å². The maximum absolute atomic E-state index is 13.1. The zero-order valence-corrected chi connectivity index (χ0v) is 21.1. The van der Waals surface area contributed by atoms with E-state index in [2.05, 4.69) is 29.1 Å². The van der Waals surface area contributed by atoms with Gasteiger partial charge in [0.2, 0.25) is 5.91 Å². The number of hydrogen-bond acceptors (Lipinski definition) is 3. The molecule has 1 aromatic carbocycles. The molecule has 30 heavy (non-hydrogen) atoms. The summed E-state index contributed by atoms with van der Waals surface area (Å²) in [5, 5.41) is 4.53. The lowest BCUT2D eigenvalue weighted by Crippen LogP contribution is -2.55. The van der Waals surface area contributed by atoms with Crippen molar-refractivity contribution in [3.8, 4) is 0 Å². The van der Waals surface area contributed by atoms with Gasteiger partial charge >= 0.3 is 0 Å². The number of allylic oxidation sites excluding steroid dienone is 2. The van der Waals surface area contributed by atoms with Crippen LogP contribution in [0.5, 0.6) is 0 Å². The van der Waals surface area contributed by atoms with Gasteiger partial charge in [-0.05, 0) is 93.9 Å². The molecule has 0 aliphatic heterocycles. The van der Waals surface area contributed by atoms with Crippen molar-refractivity contribution in [1.29, 1.82) is 0 Å². The van der Waals surface area contributed by atoms with Gasteiger partial charge in [-0.2, -0.15) is 0 Å². The maximum atomic E-state index is 13.1. The predicted octanol–water partition coefficient (Wildman–Crippen LogP) is 7.28. The highest BCUT2D eigenvalue weighted by Crippen LogP contribution is 2.38. The molecular weight excluding hydrogens is 435 g/mol. The minimum Gasteiger partial charge on any atom is -0.351 e. The van der Waals surface area contributed by atoms with E-state index in [0.29, 0.717) is 21.9 Å². The minimum absolute atomic E-state index is 0.0393. The Bertz CT molecular complexity index is 718. The van der Waals surface area contributed by atoms with Crippen LogP contribution in [0.2, 0.25) is 10.0 Å². The fraction of sp³-hybridized carbons (Fsp3) is 0.625. The van der Waals surface area contributed by atoms with E-state index >= 15 is 0 Å². The molecule has 0 spiro atoms. The Hall–Kier alpha value is -0.680. The third kappa shape index (κ3) is 7.47. The third-order valence-electron chi connectivity index (χ3n) is 5.78. The zero-order valence-electron chi connectivity index (χ0n) is 18.8. The molecule has 1 amide bonds. The average molecular weight is 472 g/mol. The van der Waals surface area contributed by atoms with Crippen LogP contribution in [0.3, 0.4) is 0 Å². The second-order valence-corrected chi connectivity index (χ2v) is 10.6. The van der Waals surface area contributed by atoms with E-state index < -0.39 is 5.54 Å². The van der Waals surface area contributed by atoms with E-state index in [9.17, 15) is 4.79 Å². The number of halogens is 2. The second-order valence-electron chi connectivity index (χ2n) is 8.85. The molecule has 0 heterocycles. The molecule has 6 heteroatoms. The molecule has 0 saturated heterocycles. The van der Waals surface area contributed by atoms with Crippen LogP contribution in [0.4, 0.5) is 0 Å². The highest BCUT2D eigenvalue weighted by molar-refractivity contribution is 7.97. The van der Waals surface area contributed by atoms with Gasteiger partial charge in [0.25, 0.3) is 0 Å². The number of fused-ring (bicyclic) bond motifs is 2. The van der Waals surface area contributed by atoms with Crippen LogP contribution < -0.4 is 10.0 Å². The largest absolute Gasteiger partial charge is 0.351 e. The van der Waals surface area contributed by atoms with Crippen LogP contribution in [0.25, 0.3) is 0 Å². The number of nitrogens with one attached hydrogen (secondary N) is 2. The van der Waals surface area contributed by atoms with Crippen LogP contribution in [0.1, 0.15) is 66.7 Å². The van der Waals surface area contributed by atoms with Crippen molar-refractivity contribution < 1.29 is 4.79 Å². The number of amides is 1. The van der Waals surface area contributed by atoms with Crippen molar-refractivity contribution >= 4 is 41.1 Å². The van der Waals surface area contributed by atoms with Crippen molar-refractivity contribution in [2.75, 3.05) is 0 Å². The zero-order chi connectivity index (χ0) is 22.3. The normalized spacial score (nSPS) is 26.1. The average Bonchev–Trinajstić information content (AvgIpc) is 2.68. The van der Waals surface area contributed by atoms with Crippen LogP contribution in [0, 0.1) is 17.8 Å². The Morgan fingerprint density at radius 3 is 2.43 bits per heavy atom. The van der Waals surface area contributed by atoms with Crippen LogP contribution >= 0.6 is 35.1 Å². The summed E-state index contributed by atoms with van der Waals surface area (Å²) in [5.74, 6) is 2.00. The topological polar surface area (TPSA) is 41.1 Å². The quantitative estimate of drug-likeness (QED) is 0.350. The van der Waals surface area contributed by atoms with Crippen LogP contribution in [0.15, 0.2) is 35.2 Å². The van der Waals surface area contributed by atoms with Gasteiger partial charge in [0.05, 0.1) is 0 Å². The van der Waals surface area contributed by atoms with Gasteiger partial charge in [-0.3, -0.25) is 4.79 Å². The maximum Gasteiger partial charge on any atom is 0.240 e. The molecule has 1 aromatic rings. The molecule has 2 N–H and O–H groups in total. The summed E-state index contributed by atoms with van der Waals surface area (Å²) >= 11 is 13.5. The number of benzene rings is 1. The van der Waals surface area contributed by atoms with E-state index in [4.69, 9.17) is 23.2 Å². The van der Waals surface area contributed by atoms with Gasteiger partial charge in [-0.1, -0.05) is 56.1 Å². The fourth-order valence-corrected chi connectivity index (χ4v) is 5.85. The smallest absolute Gasteiger partial charge is 0.240 e. The van der Waals surface area contributed by atoms with Gasteiger partial charge < -0.3 is 5.32 Å². The van der Waals surface area contributed by atoms with E-state index in [1.165, 1.54) is 31.2 Å². The second kappa shape index (κ2) is 11.8. The lowest BCUT2D eigenvalue weighted by molar-refractivity contribution is -0.127. The monoisotopic (exact) mass is 470 g/mol. The predicted molar refractivity (Wildman–Crippen MR) is 131 cm³/mol. The minimum atomic E-state index is -0.711. The Kier molecular flexibility index (Phi) is 10.1. The van der Waals surface area contributed by atoms with Gasteiger partial charge in [0, 0.05) is 21.0 Å². The van der Waals surface area contributed by atoms with E-state index in [1.807, 2.05) is 39.8 Å². The van der Waals surface area contributed by atoms with Crippen molar-refractivity contribution in [1.82, 2.24) is 10.0 Å². The molecular formula is C24H36Cl2N2OS. The molecule has 3 rings (SSSR count). The molecule has 0 aromatic heterocycles. The summed E-state index contributed by atoms with van der Waals surface area (Å²) < 4.78 is 3.28. The van der Waals surface area contributed by atoms with Crippen molar-refractivity contribution in [3.63, 3.8) is 0 Å². The molecule has 0 radical (unpaired) electrons. The standard InChI is InChI=1S/C22H30Cl2N2OS.C2H6/c1-14-8-15-6-4-5-7-20(16(9-14)10-15)25-21(27)22(2,3)26-28-19-12-17(23)11-18(24)13-19;1-2/h4,6,11-16,20,26H,5,7-10H2,1-3H3,(H,25,27);1-2H3. The summed E-state index contributed by atoms with van der Waals surface area (Å²) in [4.78, 5) is 14.0. The molecule has 2 aliphatic rings. The molecule has 4 unspecified atom stereocenters. The van der Waals surface area contributed by atoms with Gasteiger partial charge in [-0.15, -0.1) is 0 Å². The molecule has 3 nitrogen and oxygen atoms in total. The first-order chi connectivity index (χ1) is 14.2.